The van der Waals surface area contributed by atoms with Crippen LogP contribution in [-0.4, -0.2) is 35.5 Å². The van der Waals surface area contributed by atoms with Gasteiger partial charge >= 0.3 is 0 Å². The molecule has 2 aromatic heterocycles. The van der Waals surface area contributed by atoms with Crippen LogP contribution >= 0.6 is 11.8 Å². The van der Waals surface area contributed by atoms with Crippen LogP contribution in [0.4, 0.5) is 0 Å². The van der Waals surface area contributed by atoms with Crippen LogP contribution < -0.4 is 9.47 Å². The largest absolute Gasteiger partial charge is 0.497 e. The molecule has 130 valence electrons. The summed E-state index contributed by atoms with van der Waals surface area (Å²) in [5, 5.41) is 7.71. The Morgan fingerprint density at radius 2 is 2.04 bits per heavy atom. The highest BCUT2D eigenvalue weighted by molar-refractivity contribution is 8.00. The summed E-state index contributed by atoms with van der Waals surface area (Å²) in [6.45, 7) is 1.77. The summed E-state index contributed by atoms with van der Waals surface area (Å²) < 4.78 is 21.2. The van der Waals surface area contributed by atoms with Crippen LogP contribution in [-0.2, 0) is 0 Å². The molecule has 2 heterocycles. The summed E-state index contributed by atoms with van der Waals surface area (Å²) >= 11 is 1.18. The minimum atomic E-state index is -0.438. The molecule has 0 unspecified atom stereocenters. The van der Waals surface area contributed by atoms with Crippen molar-refractivity contribution >= 4 is 17.5 Å². The van der Waals surface area contributed by atoms with Gasteiger partial charge in [-0.05, 0) is 31.2 Å². The smallest absolute Gasteiger partial charge is 0.284 e. The molecule has 1 aromatic carbocycles. The predicted octanol–water partition coefficient (Wildman–Crippen LogP) is 3.71. The van der Waals surface area contributed by atoms with Crippen molar-refractivity contribution in [2.45, 2.75) is 17.4 Å². The van der Waals surface area contributed by atoms with E-state index < -0.39 is 5.25 Å². The van der Waals surface area contributed by atoms with E-state index in [4.69, 9.17) is 18.3 Å². The lowest BCUT2D eigenvalue weighted by molar-refractivity contribution is 0.0990. The van der Waals surface area contributed by atoms with E-state index in [2.05, 4.69) is 10.2 Å². The number of ketones is 1. The molecule has 0 aliphatic heterocycles. The van der Waals surface area contributed by atoms with Gasteiger partial charge in [0.1, 0.15) is 11.5 Å². The molecule has 0 fully saturated rings. The van der Waals surface area contributed by atoms with Crippen LogP contribution in [0.25, 0.3) is 11.7 Å². The number of rotatable bonds is 7. The highest BCUT2D eigenvalue weighted by Gasteiger charge is 2.23. The number of nitrogens with zero attached hydrogens (tertiary/aromatic N) is 2. The summed E-state index contributed by atoms with van der Waals surface area (Å²) in [6, 6.07) is 8.52. The molecule has 25 heavy (non-hydrogen) atoms. The summed E-state index contributed by atoms with van der Waals surface area (Å²) in [4.78, 5) is 12.7. The van der Waals surface area contributed by atoms with Crippen molar-refractivity contribution in [3.8, 4) is 23.1 Å². The molecule has 0 saturated heterocycles. The van der Waals surface area contributed by atoms with Crippen LogP contribution in [0.3, 0.4) is 0 Å². The second-order valence-electron chi connectivity index (χ2n) is 5.04. The van der Waals surface area contributed by atoms with E-state index in [0.29, 0.717) is 28.0 Å². The number of ether oxygens (including phenoxy) is 2. The number of carbonyl (C=O) groups excluding carboxylic acids is 1. The van der Waals surface area contributed by atoms with Gasteiger partial charge in [-0.2, -0.15) is 0 Å². The van der Waals surface area contributed by atoms with Crippen LogP contribution in [0.5, 0.6) is 11.5 Å². The maximum Gasteiger partial charge on any atom is 0.284 e. The average molecular weight is 360 g/mol. The van der Waals surface area contributed by atoms with E-state index in [9.17, 15) is 4.79 Å². The second-order valence-corrected chi connectivity index (χ2v) is 6.33. The zero-order chi connectivity index (χ0) is 17.8. The summed E-state index contributed by atoms with van der Waals surface area (Å²) in [6.07, 6.45) is 1.52. The molecule has 0 bridgehead atoms. The zero-order valence-corrected chi connectivity index (χ0v) is 14.7. The van der Waals surface area contributed by atoms with Crippen molar-refractivity contribution < 1.29 is 23.1 Å². The van der Waals surface area contributed by atoms with E-state index in [-0.39, 0.29) is 11.7 Å². The number of furan rings is 1. The van der Waals surface area contributed by atoms with Crippen molar-refractivity contribution in [2.75, 3.05) is 14.2 Å². The Bertz CT molecular complexity index is 860. The standard InChI is InChI=1S/C17H16N2O5S/c1-10(15(20)12-7-6-11(21-2)9-14(12)22-3)25-17-19-18-16(24-17)13-5-4-8-23-13/h4-10H,1-3H3/t10-/m1/s1. The maximum absolute atomic E-state index is 12.7. The molecule has 0 spiro atoms. The lowest BCUT2D eigenvalue weighted by Crippen LogP contribution is -2.14. The number of hydrogen-bond acceptors (Lipinski definition) is 8. The Morgan fingerprint density at radius 1 is 1.20 bits per heavy atom. The van der Waals surface area contributed by atoms with Gasteiger partial charge in [0.2, 0.25) is 0 Å². The third kappa shape index (κ3) is 3.69. The van der Waals surface area contributed by atoms with Crippen molar-refractivity contribution in [2.24, 2.45) is 0 Å². The van der Waals surface area contributed by atoms with Crippen LogP contribution in [0, 0.1) is 0 Å². The Morgan fingerprint density at radius 3 is 2.72 bits per heavy atom. The number of carbonyl (C=O) groups is 1. The van der Waals surface area contributed by atoms with Crippen LogP contribution in [0.1, 0.15) is 17.3 Å². The molecule has 0 aliphatic rings. The molecule has 1 atom stereocenters. The number of hydrogen-bond donors (Lipinski definition) is 0. The van der Waals surface area contributed by atoms with Gasteiger partial charge in [0.25, 0.3) is 11.1 Å². The molecule has 7 nitrogen and oxygen atoms in total. The first-order valence-corrected chi connectivity index (χ1v) is 8.30. The Hall–Kier alpha value is -2.74. The molecule has 0 aliphatic carbocycles. The fourth-order valence-electron chi connectivity index (χ4n) is 2.18. The SMILES string of the molecule is COc1ccc(C(=O)[C@@H](C)Sc2nnc(-c3ccco3)o2)c(OC)c1. The van der Waals surface area contributed by atoms with Gasteiger partial charge in [-0.1, -0.05) is 11.8 Å². The van der Waals surface area contributed by atoms with Gasteiger partial charge in [-0.15, -0.1) is 10.2 Å². The van der Waals surface area contributed by atoms with Gasteiger partial charge < -0.3 is 18.3 Å². The quantitative estimate of drug-likeness (QED) is 0.465. The third-order valence-corrected chi connectivity index (χ3v) is 4.39. The average Bonchev–Trinajstić information content (AvgIpc) is 3.31. The van der Waals surface area contributed by atoms with Gasteiger partial charge in [-0.25, -0.2) is 0 Å². The number of Topliss-reactive ketones (excluding diaryl/α,β-unsaturated/α-hetero) is 1. The number of thioether (sulfide) groups is 1. The second kappa shape index (κ2) is 7.43. The Balaban J connectivity index is 1.75. The first-order chi connectivity index (χ1) is 12.1. The molecule has 8 heteroatoms. The maximum atomic E-state index is 12.7. The zero-order valence-electron chi connectivity index (χ0n) is 13.9. The Kier molecular flexibility index (Phi) is 5.08. The van der Waals surface area contributed by atoms with Crippen LogP contribution in [0.15, 0.2) is 50.7 Å². The van der Waals surface area contributed by atoms with E-state index in [1.807, 2.05) is 0 Å². The molecule has 0 amide bonds. The lowest BCUT2D eigenvalue weighted by Gasteiger charge is -2.12. The summed E-state index contributed by atoms with van der Waals surface area (Å²) in [5.74, 6) is 1.72. The molecule has 0 N–H and O–H groups in total. The minimum Gasteiger partial charge on any atom is -0.497 e. The van der Waals surface area contributed by atoms with Gasteiger partial charge in [0.05, 0.1) is 31.3 Å². The predicted molar refractivity (Wildman–Crippen MR) is 91.2 cm³/mol. The van der Waals surface area contributed by atoms with Crippen molar-refractivity contribution in [1.29, 1.82) is 0 Å². The highest BCUT2D eigenvalue weighted by Crippen LogP contribution is 2.31. The van der Waals surface area contributed by atoms with E-state index in [1.165, 1.54) is 25.1 Å². The summed E-state index contributed by atoms with van der Waals surface area (Å²) in [5.41, 5.74) is 0.467. The van der Waals surface area contributed by atoms with Gasteiger partial charge in [0, 0.05) is 6.07 Å². The molecule has 0 radical (unpaired) electrons. The molecular weight excluding hydrogens is 344 g/mol. The topological polar surface area (TPSA) is 87.6 Å². The summed E-state index contributed by atoms with van der Waals surface area (Å²) in [7, 11) is 3.07. The number of benzene rings is 1. The number of methoxy groups -OCH3 is 2. The minimum absolute atomic E-state index is 0.109. The third-order valence-electron chi connectivity index (χ3n) is 3.46. The van der Waals surface area contributed by atoms with Crippen molar-refractivity contribution in [3.63, 3.8) is 0 Å². The molecule has 0 saturated carbocycles. The lowest BCUT2D eigenvalue weighted by atomic mass is 10.1. The van der Waals surface area contributed by atoms with E-state index in [1.54, 1.807) is 44.4 Å². The fraction of sp³-hybridized carbons (Fsp3) is 0.235. The first-order valence-electron chi connectivity index (χ1n) is 7.42. The molecular formula is C17H16N2O5S. The normalized spacial score (nSPS) is 12.0. The number of aromatic nitrogens is 2. The molecule has 3 aromatic rings. The Labute approximate surface area is 148 Å². The van der Waals surface area contributed by atoms with Crippen molar-refractivity contribution in [3.05, 3.63) is 42.2 Å². The first kappa shape index (κ1) is 17.1. The van der Waals surface area contributed by atoms with E-state index >= 15 is 0 Å². The van der Waals surface area contributed by atoms with Crippen molar-refractivity contribution in [1.82, 2.24) is 10.2 Å². The highest BCUT2D eigenvalue weighted by atomic mass is 32.2. The van der Waals surface area contributed by atoms with Crippen LogP contribution in [0.2, 0.25) is 0 Å². The molecule has 3 rings (SSSR count). The fourth-order valence-corrected chi connectivity index (χ4v) is 2.93. The van der Waals surface area contributed by atoms with Gasteiger partial charge in [-0.3, -0.25) is 4.79 Å². The van der Waals surface area contributed by atoms with Gasteiger partial charge in [0.15, 0.2) is 11.5 Å². The monoisotopic (exact) mass is 360 g/mol. The van der Waals surface area contributed by atoms with E-state index in [0.717, 1.165) is 0 Å².